The van der Waals surface area contributed by atoms with Crippen LogP contribution in [-0.4, -0.2) is 5.78 Å². The lowest BCUT2D eigenvalue weighted by molar-refractivity contribution is -0.115. The minimum atomic E-state index is 0.212. The normalized spacial score (nSPS) is 55.9. The van der Waals surface area contributed by atoms with E-state index in [-0.39, 0.29) is 16.7 Å². The Bertz CT molecular complexity index is 697. The largest absolute Gasteiger partial charge is 0.295 e. The average Bonchev–Trinajstić information content (AvgIpc) is 3.13. The van der Waals surface area contributed by atoms with Crippen LogP contribution in [0.25, 0.3) is 0 Å². The zero-order chi connectivity index (χ0) is 16.0. The molecule has 0 aromatic heterocycles. The molecule has 0 radical (unpaired) electrons. The standard InChI is InChI=1S/C21H25NO/c1-20-8-7-15-14-6-4-13(23)9-12(14)3-5-16(15)19(20)17-10-21(17,2)18(20)11-22/h3,5,9,14-19H,4,6-8,10H2,1-2H3. The molecule has 0 heterocycles. The van der Waals surface area contributed by atoms with E-state index in [9.17, 15) is 10.1 Å². The molecule has 23 heavy (non-hydrogen) atoms. The lowest BCUT2D eigenvalue weighted by atomic mass is 9.51. The molecular weight excluding hydrogens is 282 g/mol. The predicted molar refractivity (Wildman–Crippen MR) is 88.1 cm³/mol. The molecule has 0 saturated heterocycles. The van der Waals surface area contributed by atoms with Gasteiger partial charge in [-0.05, 0) is 77.8 Å². The first-order chi connectivity index (χ1) is 11.0. The van der Waals surface area contributed by atoms with Gasteiger partial charge in [0, 0.05) is 6.42 Å². The predicted octanol–water partition coefficient (Wildman–Crippen LogP) is 4.29. The van der Waals surface area contributed by atoms with Gasteiger partial charge in [-0.25, -0.2) is 0 Å². The first-order valence-corrected chi connectivity index (χ1v) is 9.31. The second kappa shape index (κ2) is 4.18. The van der Waals surface area contributed by atoms with Crippen LogP contribution < -0.4 is 0 Å². The third kappa shape index (κ3) is 1.57. The Morgan fingerprint density at radius 1 is 1.26 bits per heavy atom. The number of allylic oxidation sites excluding steroid dienone is 4. The van der Waals surface area contributed by atoms with Crippen molar-refractivity contribution in [1.82, 2.24) is 0 Å². The highest BCUT2D eigenvalue weighted by Gasteiger charge is 2.75. The van der Waals surface area contributed by atoms with Crippen molar-refractivity contribution in [1.29, 1.82) is 5.26 Å². The molecule has 0 aliphatic heterocycles. The fraction of sp³-hybridized carbons (Fsp3) is 0.714. The summed E-state index contributed by atoms with van der Waals surface area (Å²) in [6.45, 7) is 4.77. The quantitative estimate of drug-likeness (QED) is 0.670. The molecule has 0 N–H and O–H groups in total. The average molecular weight is 307 g/mol. The maximum absolute atomic E-state index is 11.7. The van der Waals surface area contributed by atoms with Crippen LogP contribution in [0, 0.1) is 57.7 Å². The highest BCUT2D eigenvalue weighted by atomic mass is 16.1. The Morgan fingerprint density at radius 2 is 2.09 bits per heavy atom. The van der Waals surface area contributed by atoms with Crippen LogP contribution in [0.4, 0.5) is 0 Å². The summed E-state index contributed by atoms with van der Waals surface area (Å²) in [7, 11) is 0. The smallest absolute Gasteiger partial charge is 0.155 e. The zero-order valence-corrected chi connectivity index (χ0v) is 14.1. The second-order valence-electron chi connectivity index (χ2n) is 9.30. The van der Waals surface area contributed by atoms with Crippen LogP contribution >= 0.6 is 0 Å². The van der Waals surface area contributed by atoms with Gasteiger partial charge in [-0.2, -0.15) is 5.26 Å². The van der Waals surface area contributed by atoms with E-state index < -0.39 is 0 Å². The number of nitrogens with zero attached hydrogens (tertiary/aromatic N) is 1. The van der Waals surface area contributed by atoms with Gasteiger partial charge in [0.05, 0.1) is 12.0 Å². The molecule has 8 unspecified atom stereocenters. The van der Waals surface area contributed by atoms with Gasteiger partial charge in [-0.15, -0.1) is 0 Å². The van der Waals surface area contributed by atoms with Crippen molar-refractivity contribution in [2.45, 2.75) is 46.0 Å². The first-order valence-electron chi connectivity index (χ1n) is 9.31. The highest BCUT2D eigenvalue weighted by Crippen LogP contribution is 2.79. The molecule has 5 rings (SSSR count). The molecule has 3 saturated carbocycles. The van der Waals surface area contributed by atoms with Gasteiger partial charge in [-0.1, -0.05) is 26.0 Å². The summed E-state index contributed by atoms with van der Waals surface area (Å²) in [4.78, 5) is 11.7. The maximum atomic E-state index is 11.7. The van der Waals surface area contributed by atoms with E-state index in [2.05, 4.69) is 32.1 Å². The third-order valence-electron chi connectivity index (χ3n) is 8.40. The van der Waals surface area contributed by atoms with Crippen molar-refractivity contribution in [3.63, 3.8) is 0 Å². The number of carbonyl (C=O) groups is 1. The van der Waals surface area contributed by atoms with Crippen LogP contribution in [-0.2, 0) is 4.79 Å². The number of hydrogen-bond acceptors (Lipinski definition) is 2. The summed E-state index contributed by atoms with van der Waals surface area (Å²) in [6, 6.07) is 2.71. The summed E-state index contributed by atoms with van der Waals surface area (Å²) in [5, 5.41) is 9.83. The van der Waals surface area contributed by atoms with Gasteiger partial charge < -0.3 is 0 Å². The van der Waals surface area contributed by atoms with Crippen molar-refractivity contribution in [2.24, 2.45) is 46.3 Å². The van der Waals surface area contributed by atoms with Crippen LogP contribution in [0.1, 0.15) is 46.0 Å². The van der Waals surface area contributed by atoms with E-state index in [1.807, 2.05) is 6.08 Å². The molecule has 2 heteroatoms. The molecular formula is C21H25NO. The summed E-state index contributed by atoms with van der Waals surface area (Å²) < 4.78 is 0. The van der Waals surface area contributed by atoms with Gasteiger partial charge in [0.25, 0.3) is 0 Å². The van der Waals surface area contributed by atoms with Crippen LogP contribution in [0.5, 0.6) is 0 Å². The van der Waals surface area contributed by atoms with Crippen LogP contribution in [0.15, 0.2) is 23.8 Å². The Labute approximate surface area is 138 Å². The monoisotopic (exact) mass is 307 g/mol. The molecule has 0 aromatic carbocycles. The first kappa shape index (κ1) is 14.0. The van der Waals surface area contributed by atoms with Gasteiger partial charge in [0.15, 0.2) is 5.78 Å². The number of hydrogen-bond donors (Lipinski definition) is 0. The summed E-state index contributed by atoms with van der Waals surface area (Å²) >= 11 is 0. The zero-order valence-electron chi connectivity index (χ0n) is 14.1. The van der Waals surface area contributed by atoms with E-state index in [0.717, 1.165) is 18.8 Å². The number of ketones is 1. The van der Waals surface area contributed by atoms with E-state index >= 15 is 0 Å². The number of fused-ring (bicyclic) bond motifs is 7. The minimum absolute atomic E-state index is 0.212. The summed E-state index contributed by atoms with van der Waals surface area (Å²) in [5.41, 5.74) is 1.79. The molecule has 2 nitrogen and oxygen atoms in total. The van der Waals surface area contributed by atoms with Crippen molar-refractivity contribution >= 4 is 5.78 Å². The van der Waals surface area contributed by atoms with E-state index in [1.165, 1.54) is 24.8 Å². The number of carbonyl (C=O) groups excluding carboxylic acids is 1. The van der Waals surface area contributed by atoms with Gasteiger partial charge in [0.1, 0.15) is 0 Å². The Hall–Kier alpha value is -1.36. The van der Waals surface area contributed by atoms with E-state index in [4.69, 9.17) is 0 Å². The van der Waals surface area contributed by atoms with Crippen molar-refractivity contribution in [2.75, 3.05) is 0 Å². The molecule has 8 atom stereocenters. The van der Waals surface area contributed by atoms with Crippen LogP contribution in [0.2, 0.25) is 0 Å². The lowest BCUT2D eigenvalue weighted by Crippen LogP contribution is -2.46. The SMILES string of the molecule is CC12CC1C1C3C=CC4=CC(=O)CCC4C3CCC1(C)C2C#N. The molecule has 0 aromatic rings. The number of rotatable bonds is 0. The Morgan fingerprint density at radius 3 is 2.87 bits per heavy atom. The Balaban J connectivity index is 1.56. The molecule has 5 aliphatic carbocycles. The van der Waals surface area contributed by atoms with Gasteiger partial charge >= 0.3 is 0 Å². The molecule has 5 aliphatic rings. The summed E-state index contributed by atoms with van der Waals surface area (Å²) in [5.74, 6) is 3.92. The molecule has 0 spiro atoms. The topological polar surface area (TPSA) is 40.9 Å². The van der Waals surface area contributed by atoms with Gasteiger partial charge in [-0.3, -0.25) is 4.79 Å². The Kier molecular flexibility index (Phi) is 2.55. The third-order valence-corrected chi connectivity index (χ3v) is 8.40. The fourth-order valence-electron chi connectivity index (χ4n) is 7.36. The molecule has 0 bridgehead atoms. The maximum Gasteiger partial charge on any atom is 0.155 e. The summed E-state index contributed by atoms with van der Waals surface area (Å²) in [6.07, 6.45) is 12.1. The molecule has 120 valence electrons. The van der Waals surface area contributed by atoms with Crippen molar-refractivity contribution in [3.05, 3.63) is 23.8 Å². The lowest BCUT2D eigenvalue weighted by Gasteiger charge is -2.52. The second-order valence-corrected chi connectivity index (χ2v) is 9.30. The molecule has 0 amide bonds. The van der Waals surface area contributed by atoms with Crippen molar-refractivity contribution in [3.8, 4) is 6.07 Å². The minimum Gasteiger partial charge on any atom is -0.295 e. The van der Waals surface area contributed by atoms with E-state index in [1.54, 1.807) is 0 Å². The van der Waals surface area contributed by atoms with Crippen molar-refractivity contribution < 1.29 is 4.79 Å². The van der Waals surface area contributed by atoms with Crippen LogP contribution in [0.3, 0.4) is 0 Å². The fourth-order valence-corrected chi connectivity index (χ4v) is 7.36. The molecule has 3 fully saturated rings. The number of nitriles is 1. The van der Waals surface area contributed by atoms with Gasteiger partial charge in [0.2, 0.25) is 0 Å². The van der Waals surface area contributed by atoms with E-state index in [0.29, 0.717) is 29.5 Å². The highest BCUT2D eigenvalue weighted by molar-refractivity contribution is 5.91.